The highest BCUT2D eigenvalue weighted by Crippen LogP contribution is 2.44. The van der Waals surface area contributed by atoms with E-state index in [1.165, 1.54) is 33.8 Å². The van der Waals surface area contributed by atoms with Crippen LogP contribution in [0.4, 0.5) is 17.1 Å². The van der Waals surface area contributed by atoms with Gasteiger partial charge in [-0.3, -0.25) is 29.0 Å². The van der Waals surface area contributed by atoms with Gasteiger partial charge in [-0.2, -0.15) is 0 Å². The summed E-state index contributed by atoms with van der Waals surface area (Å²) in [6.45, 7) is 14.7. The Labute approximate surface area is 417 Å². The Morgan fingerprint density at radius 3 is 1.38 bits per heavy atom. The van der Waals surface area contributed by atoms with Crippen molar-refractivity contribution < 1.29 is 52.7 Å². The Hall–Kier alpha value is -6.61. The highest BCUT2D eigenvalue weighted by Gasteiger charge is 2.45. The first-order valence-corrected chi connectivity index (χ1v) is 31.5. The number of carbonyl (C=O) groups excluding carboxylic acids is 4. The molecule has 16 nitrogen and oxygen atoms in total. The van der Waals surface area contributed by atoms with E-state index in [2.05, 4.69) is 39.3 Å². The van der Waals surface area contributed by atoms with Crippen LogP contribution in [0.5, 0.6) is 28.7 Å². The van der Waals surface area contributed by atoms with E-state index in [4.69, 9.17) is 34.2 Å². The maximum absolute atomic E-state index is 14.6. The molecular weight excluding hydrogens is 939 g/mol. The molecule has 4 aromatic rings. The van der Waals surface area contributed by atoms with Crippen molar-refractivity contribution in [1.29, 1.82) is 0 Å². The van der Waals surface area contributed by atoms with Crippen LogP contribution in [0.3, 0.4) is 0 Å². The Morgan fingerprint density at radius 2 is 0.986 bits per heavy atom. The normalized spacial score (nSPS) is 17.8. The van der Waals surface area contributed by atoms with Crippen LogP contribution in [0.25, 0.3) is 11.1 Å². The molecule has 0 aliphatic carbocycles. The van der Waals surface area contributed by atoms with Crippen molar-refractivity contribution in [1.82, 2.24) is 9.80 Å². The van der Waals surface area contributed by atoms with E-state index in [1.54, 1.807) is 73.1 Å². The van der Waals surface area contributed by atoms with Crippen LogP contribution in [0, 0.1) is 0 Å². The summed E-state index contributed by atoms with van der Waals surface area (Å²) in [7, 11) is 0.0834. The van der Waals surface area contributed by atoms with E-state index in [0.717, 1.165) is 34.4 Å². The molecule has 4 heterocycles. The average Bonchev–Trinajstić information content (AvgIpc) is 3.96. The van der Waals surface area contributed by atoms with Crippen molar-refractivity contribution in [2.24, 2.45) is 0 Å². The number of phenolic OH excluding ortho intramolecular Hbond substituents is 1. The van der Waals surface area contributed by atoms with Gasteiger partial charge in [0.15, 0.2) is 23.0 Å². The Kier molecular flexibility index (Phi) is 15.0. The first kappa shape index (κ1) is 50.8. The highest BCUT2D eigenvalue weighted by molar-refractivity contribution is 6.76. The van der Waals surface area contributed by atoms with E-state index < -0.39 is 28.2 Å². The van der Waals surface area contributed by atoms with E-state index in [0.29, 0.717) is 66.1 Å². The van der Waals surface area contributed by atoms with Gasteiger partial charge in [-0.05, 0) is 70.8 Å². The molecule has 376 valence electrons. The summed E-state index contributed by atoms with van der Waals surface area (Å²) in [5.74, 6) is 0.0829. The van der Waals surface area contributed by atoms with Gasteiger partial charge in [0.2, 0.25) is 0 Å². The van der Waals surface area contributed by atoms with Crippen molar-refractivity contribution >= 4 is 68.0 Å². The molecule has 4 aliphatic heterocycles. The number of benzene rings is 4. The van der Waals surface area contributed by atoms with Crippen molar-refractivity contribution in [3.05, 3.63) is 107 Å². The van der Waals surface area contributed by atoms with E-state index in [-0.39, 0.29) is 73.6 Å². The Balaban J connectivity index is 1.01. The van der Waals surface area contributed by atoms with Crippen LogP contribution in [0.2, 0.25) is 51.4 Å². The second-order valence-electron chi connectivity index (χ2n) is 20.7. The largest absolute Gasteiger partial charge is 0.508 e. The zero-order valence-corrected chi connectivity index (χ0v) is 43.9. The van der Waals surface area contributed by atoms with Crippen LogP contribution >= 0.6 is 0 Å². The number of amides is 4. The first-order chi connectivity index (χ1) is 33.8. The number of rotatable bonds is 20. The molecule has 4 aromatic carbocycles. The van der Waals surface area contributed by atoms with Gasteiger partial charge in [0.05, 0.1) is 49.9 Å². The van der Waals surface area contributed by atoms with Crippen molar-refractivity contribution in [2.45, 2.75) is 82.7 Å². The summed E-state index contributed by atoms with van der Waals surface area (Å²) in [5, 5.41) is 9.89. The first-order valence-electron chi connectivity index (χ1n) is 24.0. The lowest BCUT2D eigenvalue weighted by atomic mass is 10.0. The highest BCUT2D eigenvalue weighted by atomic mass is 28.3. The van der Waals surface area contributed by atoms with Crippen molar-refractivity contribution in [3.8, 4) is 28.7 Å². The predicted molar refractivity (Wildman–Crippen MR) is 279 cm³/mol. The quantitative estimate of drug-likeness (QED) is 0.0489. The van der Waals surface area contributed by atoms with Gasteiger partial charge in [0.1, 0.15) is 31.3 Å². The number of phenols is 1. The van der Waals surface area contributed by atoms with Crippen molar-refractivity contribution in [2.75, 3.05) is 69.6 Å². The molecule has 0 unspecified atom stereocenters. The number of anilines is 3. The van der Waals surface area contributed by atoms with Gasteiger partial charge in [0.25, 0.3) is 23.6 Å². The second-order valence-corrected chi connectivity index (χ2v) is 31.9. The average molecular weight is 1000 g/mol. The molecule has 71 heavy (non-hydrogen) atoms. The van der Waals surface area contributed by atoms with E-state index in [9.17, 15) is 24.3 Å². The number of nitrogens with zero attached hydrogens (tertiary/aromatic N) is 4. The number of nitrogen functional groups attached to an aromatic ring is 1. The summed E-state index contributed by atoms with van der Waals surface area (Å²) in [6, 6.07) is 20.8. The third-order valence-electron chi connectivity index (χ3n) is 13.0. The minimum Gasteiger partial charge on any atom is -0.508 e. The fourth-order valence-corrected chi connectivity index (χ4v) is 10.4. The zero-order valence-electron chi connectivity index (χ0n) is 41.9. The van der Waals surface area contributed by atoms with E-state index in [1.807, 2.05) is 12.1 Å². The fraction of sp³-hybridized carbons (Fsp3) is 0.396. The zero-order chi connectivity index (χ0) is 50.8. The standard InChI is InChI=1S/C53H65N5O11Si2/c1-64-46-26-40-42(57(32-66-20-22-70(3,4)5)52(62)44-24-36(30-55(44)50(40)60)34-10-14-38(54)15-11-34)28-48(46)68-18-9-19-69-49-29-43-41(27-47(49)65-2)51(61)56-31-37(35-12-16-39(59)17-13-35)25-45(56)53(63)58(43)33-67-21-23-71(6,7)8/h10-17,26-31,44-45,59H,9,18-25,32-33,54H2,1-8H3/t44-,45-/m0/s1. The molecule has 0 fully saturated rings. The molecular formula is C53H65N5O11Si2. The molecule has 8 rings (SSSR count). The van der Waals surface area contributed by atoms with E-state index >= 15 is 0 Å². The summed E-state index contributed by atoms with van der Waals surface area (Å²) in [5.41, 5.74) is 11.1. The third kappa shape index (κ3) is 11.3. The third-order valence-corrected chi connectivity index (χ3v) is 16.4. The summed E-state index contributed by atoms with van der Waals surface area (Å²) >= 11 is 0. The second kappa shape index (κ2) is 21.0. The molecule has 2 atom stereocenters. The maximum Gasteiger partial charge on any atom is 0.260 e. The summed E-state index contributed by atoms with van der Waals surface area (Å²) in [6.07, 6.45) is 4.43. The van der Waals surface area contributed by atoms with Gasteiger partial charge >= 0.3 is 0 Å². The van der Waals surface area contributed by atoms with Crippen LogP contribution in [0.1, 0.15) is 51.1 Å². The van der Waals surface area contributed by atoms with Crippen LogP contribution < -0.4 is 34.5 Å². The summed E-state index contributed by atoms with van der Waals surface area (Å²) in [4.78, 5) is 64.0. The number of nitrogens with two attached hydrogens (primary N) is 1. The number of ether oxygens (including phenoxy) is 6. The molecule has 0 spiro atoms. The van der Waals surface area contributed by atoms with Gasteiger partial charge in [-0.1, -0.05) is 63.5 Å². The lowest BCUT2D eigenvalue weighted by Crippen LogP contribution is -2.45. The molecule has 4 amide bonds. The monoisotopic (exact) mass is 1000 g/mol. The Morgan fingerprint density at radius 1 is 0.577 bits per heavy atom. The molecule has 0 saturated heterocycles. The van der Waals surface area contributed by atoms with Gasteiger partial charge in [-0.15, -0.1) is 0 Å². The van der Waals surface area contributed by atoms with Crippen LogP contribution in [-0.4, -0.2) is 121 Å². The molecule has 4 aliphatic rings. The number of hydrogen-bond donors (Lipinski definition) is 2. The van der Waals surface area contributed by atoms with Crippen LogP contribution in [0.15, 0.2) is 85.2 Å². The fourth-order valence-electron chi connectivity index (χ4n) is 8.87. The number of aromatic hydroxyl groups is 1. The SMILES string of the molecule is COc1cc2c(cc1OCCCOc1cc3c(cc1OC)C(=O)N1C=C(c4ccc(O)cc4)C[C@H]1C(=O)N3COCC[Si](C)(C)C)N(COCC[Si](C)(C)C)C(=O)[C@@H]1CC(c3ccc(N)cc3)=CN1C2=O. The number of methoxy groups -OCH3 is 2. The van der Waals surface area contributed by atoms with Crippen LogP contribution in [-0.2, 0) is 19.1 Å². The smallest absolute Gasteiger partial charge is 0.260 e. The lowest BCUT2D eigenvalue weighted by molar-refractivity contribution is -0.123. The lowest BCUT2D eigenvalue weighted by Gasteiger charge is -2.27. The number of hydrogen-bond acceptors (Lipinski definition) is 12. The molecule has 0 bridgehead atoms. The topological polar surface area (TPSA) is 183 Å². The maximum atomic E-state index is 14.6. The Bertz CT molecular complexity index is 2550. The minimum atomic E-state index is -1.45. The van der Waals surface area contributed by atoms with Gasteiger partial charge < -0.3 is 49.1 Å². The van der Waals surface area contributed by atoms with Crippen molar-refractivity contribution in [3.63, 3.8) is 0 Å². The van der Waals surface area contributed by atoms with Gasteiger partial charge in [-0.25, -0.2) is 0 Å². The molecule has 3 N–H and O–H groups in total. The molecule has 0 saturated carbocycles. The predicted octanol–water partition coefficient (Wildman–Crippen LogP) is 8.67. The summed E-state index contributed by atoms with van der Waals surface area (Å²) < 4.78 is 36.5. The van der Waals surface area contributed by atoms with Gasteiger partial charge in [0, 0.05) is 78.8 Å². The minimum absolute atomic E-state index is 0.0528. The molecule has 18 heteroatoms. The molecule has 0 aromatic heterocycles. The number of fused-ring (bicyclic) bond motifs is 4. The molecule has 0 radical (unpaired) electrons. The number of carbonyl (C=O) groups is 4.